The van der Waals surface area contributed by atoms with Crippen molar-refractivity contribution in [3.05, 3.63) is 30.0 Å². The number of rotatable bonds is 1. The van der Waals surface area contributed by atoms with E-state index in [1.54, 1.807) is 12.1 Å². The molecule has 2 aromatic rings. The summed E-state index contributed by atoms with van der Waals surface area (Å²) in [7, 11) is 0. The molecule has 0 amide bonds. The van der Waals surface area contributed by atoms with Crippen LogP contribution in [0.15, 0.2) is 28.7 Å². The average Bonchev–Trinajstić information content (AvgIpc) is 2.49. The van der Waals surface area contributed by atoms with Crippen molar-refractivity contribution in [2.24, 2.45) is 0 Å². The van der Waals surface area contributed by atoms with E-state index in [1.807, 2.05) is 0 Å². The van der Waals surface area contributed by atoms with Gasteiger partial charge in [-0.15, -0.1) is 0 Å². The molecule has 0 fully saturated rings. The third-order valence-corrected chi connectivity index (χ3v) is 1.75. The topological polar surface area (TPSA) is 70.7 Å². The van der Waals surface area contributed by atoms with Crippen LogP contribution in [0.3, 0.4) is 0 Å². The standard InChI is InChI=1S/C9H6O4/c10-6-2-1-3-7-5(6)4-8(13-7)9(11)12/h1-4,10H,(H,11,12). The fourth-order valence-electron chi connectivity index (χ4n) is 1.15. The van der Waals surface area contributed by atoms with Crippen molar-refractivity contribution in [2.75, 3.05) is 0 Å². The molecule has 66 valence electrons. The number of aromatic carboxylic acids is 1. The molecule has 0 aliphatic heterocycles. The van der Waals surface area contributed by atoms with Gasteiger partial charge in [0.15, 0.2) is 0 Å². The van der Waals surface area contributed by atoms with Crippen LogP contribution in [-0.2, 0) is 0 Å². The van der Waals surface area contributed by atoms with Gasteiger partial charge in [0.2, 0.25) is 5.76 Å². The van der Waals surface area contributed by atoms with Gasteiger partial charge in [0.25, 0.3) is 0 Å². The number of fused-ring (bicyclic) bond motifs is 1. The first-order valence-corrected chi connectivity index (χ1v) is 3.63. The van der Waals surface area contributed by atoms with Gasteiger partial charge < -0.3 is 14.6 Å². The van der Waals surface area contributed by atoms with E-state index in [9.17, 15) is 9.90 Å². The van der Waals surface area contributed by atoms with Crippen LogP contribution in [0.5, 0.6) is 5.75 Å². The smallest absolute Gasteiger partial charge is 0.371 e. The van der Waals surface area contributed by atoms with E-state index in [0.717, 1.165) is 0 Å². The molecule has 0 saturated heterocycles. The van der Waals surface area contributed by atoms with Crippen LogP contribution in [0.2, 0.25) is 0 Å². The van der Waals surface area contributed by atoms with Crippen LogP contribution < -0.4 is 0 Å². The van der Waals surface area contributed by atoms with Gasteiger partial charge in [-0.1, -0.05) is 6.07 Å². The van der Waals surface area contributed by atoms with Gasteiger partial charge in [0.05, 0.1) is 5.39 Å². The lowest BCUT2D eigenvalue weighted by molar-refractivity contribution is 0.0665. The number of carboxylic acid groups (broad SMARTS) is 1. The molecule has 0 saturated carbocycles. The van der Waals surface area contributed by atoms with Gasteiger partial charge in [-0.2, -0.15) is 0 Å². The summed E-state index contributed by atoms with van der Waals surface area (Å²) < 4.78 is 4.95. The molecule has 1 aromatic heterocycles. The Balaban J connectivity index is 2.75. The largest absolute Gasteiger partial charge is 0.507 e. The molecule has 2 N–H and O–H groups in total. The zero-order chi connectivity index (χ0) is 9.42. The number of carbonyl (C=O) groups is 1. The first-order valence-electron chi connectivity index (χ1n) is 3.63. The Morgan fingerprint density at radius 3 is 2.77 bits per heavy atom. The van der Waals surface area contributed by atoms with E-state index >= 15 is 0 Å². The number of carboxylic acids is 1. The minimum absolute atomic E-state index is 0.0220. The van der Waals surface area contributed by atoms with Gasteiger partial charge in [0, 0.05) is 6.07 Å². The first-order chi connectivity index (χ1) is 6.18. The minimum Gasteiger partial charge on any atom is -0.507 e. The molecule has 0 bridgehead atoms. The number of phenolic OH excluding ortho intramolecular Hbond substituents is 1. The van der Waals surface area contributed by atoms with Gasteiger partial charge in [-0.3, -0.25) is 0 Å². The number of hydrogen-bond donors (Lipinski definition) is 2. The van der Waals surface area contributed by atoms with Crippen LogP contribution >= 0.6 is 0 Å². The van der Waals surface area contributed by atoms with Crippen molar-refractivity contribution < 1.29 is 19.4 Å². The van der Waals surface area contributed by atoms with Gasteiger partial charge >= 0.3 is 5.97 Å². The third kappa shape index (κ3) is 1.12. The fourth-order valence-corrected chi connectivity index (χ4v) is 1.15. The van der Waals surface area contributed by atoms with E-state index in [-0.39, 0.29) is 11.5 Å². The Hall–Kier alpha value is -1.97. The van der Waals surface area contributed by atoms with Crippen LogP contribution in [0.1, 0.15) is 10.6 Å². The Bertz CT molecular complexity index is 469. The lowest BCUT2D eigenvalue weighted by Crippen LogP contribution is -1.91. The van der Waals surface area contributed by atoms with Crippen molar-refractivity contribution in [1.82, 2.24) is 0 Å². The van der Waals surface area contributed by atoms with E-state index in [1.165, 1.54) is 12.1 Å². The maximum absolute atomic E-state index is 10.5. The summed E-state index contributed by atoms with van der Waals surface area (Å²) in [6, 6.07) is 5.96. The van der Waals surface area contributed by atoms with Gasteiger partial charge in [-0.25, -0.2) is 4.79 Å². The Kier molecular flexibility index (Phi) is 1.48. The minimum atomic E-state index is -1.14. The van der Waals surface area contributed by atoms with Crippen molar-refractivity contribution in [1.29, 1.82) is 0 Å². The van der Waals surface area contributed by atoms with Crippen LogP contribution in [-0.4, -0.2) is 16.2 Å². The molecule has 0 aliphatic rings. The molecule has 0 unspecified atom stereocenters. The summed E-state index contributed by atoms with van der Waals surface area (Å²) >= 11 is 0. The number of aromatic hydroxyl groups is 1. The van der Waals surface area contributed by atoms with Crippen LogP contribution in [0, 0.1) is 0 Å². The predicted octanol–water partition coefficient (Wildman–Crippen LogP) is 1.84. The zero-order valence-corrected chi connectivity index (χ0v) is 6.52. The molecule has 2 rings (SSSR count). The molecule has 1 aromatic carbocycles. The van der Waals surface area contributed by atoms with E-state index < -0.39 is 5.97 Å². The highest BCUT2D eigenvalue weighted by atomic mass is 16.4. The molecule has 0 atom stereocenters. The van der Waals surface area contributed by atoms with E-state index in [4.69, 9.17) is 9.52 Å². The second kappa shape index (κ2) is 2.52. The maximum Gasteiger partial charge on any atom is 0.371 e. The van der Waals surface area contributed by atoms with Crippen molar-refractivity contribution in [3.63, 3.8) is 0 Å². The predicted molar refractivity (Wildman–Crippen MR) is 44.8 cm³/mol. The second-order valence-electron chi connectivity index (χ2n) is 2.60. The number of furan rings is 1. The normalized spacial score (nSPS) is 10.5. The monoisotopic (exact) mass is 178 g/mol. The molecule has 4 heteroatoms. The summed E-state index contributed by atoms with van der Waals surface area (Å²) in [6.07, 6.45) is 0. The molecule has 13 heavy (non-hydrogen) atoms. The van der Waals surface area contributed by atoms with Crippen LogP contribution in [0.25, 0.3) is 11.0 Å². The van der Waals surface area contributed by atoms with Crippen molar-refractivity contribution >= 4 is 16.9 Å². The van der Waals surface area contributed by atoms with Crippen molar-refractivity contribution in [3.8, 4) is 5.75 Å². The number of hydrogen-bond acceptors (Lipinski definition) is 3. The maximum atomic E-state index is 10.5. The summed E-state index contributed by atoms with van der Waals surface area (Å²) in [4.78, 5) is 10.5. The van der Waals surface area contributed by atoms with Gasteiger partial charge in [0.1, 0.15) is 11.3 Å². The lowest BCUT2D eigenvalue weighted by atomic mass is 10.2. The number of benzene rings is 1. The number of phenols is 1. The molecule has 0 radical (unpaired) electrons. The summed E-state index contributed by atoms with van der Waals surface area (Å²) in [5, 5.41) is 18.3. The molecule has 4 nitrogen and oxygen atoms in total. The summed E-state index contributed by atoms with van der Waals surface area (Å²) in [5.41, 5.74) is 0.373. The summed E-state index contributed by atoms with van der Waals surface area (Å²) in [6.45, 7) is 0. The van der Waals surface area contributed by atoms with Gasteiger partial charge in [-0.05, 0) is 12.1 Å². The zero-order valence-electron chi connectivity index (χ0n) is 6.52. The molecule has 0 spiro atoms. The highest BCUT2D eigenvalue weighted by Gasteiger charge is 2.11. The Morgan fingerprint density at radius 2 is 2.15 bits per heavy atom. The Morgan fingerprint density at radius 1 is 1.38 bits per heavy atom. The Labute approximate surface area is 73.0 Å². The summed E-state index contributed by atoms with van der Waals surface area (Å²) in [5.74, 6) is -1.29. The molecular formula is C9H6O4. The highest BCUT2D eigenvalue weighted by Crippen LogP contribution is 2.27. The van der Waals surface area contributed by atoms with E-state index in [2.05, 4.69) is 0 Å². The molecular weight excluding hydrogens is 172 g/mol. The second-order valence-corrected chi connectivity index (χ2v) is 2.60. The highest BCUT2D eigenvalue weighted by molar-refractivity contribution is 5.93. The quantitative estimate of drug-likeness (QED) is 0.698. The first kappa shape index (κ1) is 7.67. The van der Waals surface area contributed by atoms with Crippen molar-refractivity contribution in [2.45, 2.75) is 0 Å². The SMILES string of the molecule is O=C(O)c1cc2c(O)cccc2o1. The lowest BCUT2D eigenvalue weighted by Gasteiger charge is -1.89. The average molecular weight is 178 g/mol. The molecule has 0 aliphatic carbocycles. The third-order valence-electron chi connectivity index (χ3n) is 1.75. The van der Waals surface area contributed by atoms with Crippen LogP contribution in [0.4, 0.5) is 0 Å². The van der Waals surface area contributed by atoms with E-state index in [0.29, 0.717) is 11.0 Å². The fraction of sp³-hybridized carbons (Fsp3) is 0. The molecule has 1 heterocycles.